The molecule has 0 fully saturated rings. The number of rotatable bonds is 7. The Kier molecular flexibility index (Phi) is 6.18. The third-order valence-electron chi connectivity index (χ3n) is 3.55. The summed E-state index contributed by atoms with van der Waals surface area (Å²) < 4.78 is 7.08. The zero-order valence-electron chi connectivity index (χ0n) is 13.6. The quantitative estimate of drug-likeness (QED) is 0.605. The molecule has 0 spiro atoms. The summed E-state index contributed by atoms with van der Waals surface area (Å²) in [6.07, 6.45) is 0.792. The van der Waals surface area contributed by atoms with Crippen LogP contribution in [0.5, 0.6) is 5.75 Å². The van der Waals surface area contributed by atoms with Crippen molar-refractivity contribution in [3.8, 4) is 5.75 Å². The summed E-state index contributed by atoms with van der Waals surface area (Å²) in [7, 11) is 1.65. The fourth-order valence-corrected chi connectivity index (χ4v) is 4.30. The smallest absolute Gasteiger partial charge is 0.230 e. The first-order chi connectivity index (χ1) is 12.1. The van der Waals surface area contributed by atoms with E-state index in [1.807, 2.05) is 42.5 Å². The summed E-state index contributed by atoms with van der Waals surface area (Å²) in [5.41, 5.74) is 2.04. The fourth-order valence-electron chi connectivity index (χ4n) is 2.26. The average Bonchev–Trinajstić information content (AvgIpc) is 3.02. The second kappa shape index (κ2) is 8.56. The number of fused-ring (bicyclic) bond motifs is 1. The van der Waals surface area contributed by atoms with E-state index >= 15 is 0 Å². The van der Waals surface area contributed by atoms with Crippen molar-refractivity contribution in [3.63, 3.8) is 0 Å². The third-order valence-corrected chi connectivity index (χ3v) is 5.97. The Morgan fingerprint density at radius 2 is 2.08 bits per heavy atom. The molecule has 2 aromatic carbocycles. The molecule has 3 aromatic rings. The van der Waals surface area contributed by atoms with E-state index in [-0.39, 0.29) is 5.91 Å². The van der Waals surface area contributed by atoms with Gasteiger partial charge in [-0.25, -0.2) is 4.98 Å². The summed E-state index contributed by atoms with van der Waals surface area (Å²) in [5.74, 6) is 1.20. The summed E-state index contributed by atoms with van der Waals surface area (Å²) in [5, 5.41) is 3.61. The van der Waals surface area contributed by atoms with Crippen molar-refractivity contribution in [2.75, 3.05) is 19.4 Å². The van der Waals surface area contributed by atoms with Crippen LogP contribution in [0.25, 0.3) is 10.2 Å². The van der Waals surface area contributed by atoms with Crippen LogP contribution in [0.15, 0.2) is 46.8 Å². The van der Waals surface area contributed by atoms with Crippen LogP contribution >= 0.6 is 34.7 Å². The van der Waals surface area contributed by atoms with Gasteiger partial charge in [0, 0.05) is 11.6 Å². The molecule has 1 aromatic heterocycles. The van der Waals surface area contributed by atoms with Crippen LogP contribution < -0.4 is 10.1 Å². The minimum absolute atomic E-state index is 0.0100. The van der Waals surface area contributed by atoms with Crippen LogP contribution in [0.3, 0.4) is 0 Å². The van der Waals surface area contributed by atoms with Crippen molar-refractivity contribution in [3.05, 3.63) is 53.1 Å². The van der Waals surface area contributed by atoms with Crippen molar-refractivity contribution in [1.82, 2.24) is 10.3 Å². The number of amides is 1. The van der Waals surface area contributed by atoms with E-state index in [0.29, 0.717) is 17.3 Å². The Morgan fingerprint density at radius 1 is 1.28 bits per heavy atom. The van der Waals surface area contributed by atoms with Crippen LogP contribution in [0.2, 0.25) is 5.02 Å². The number of hydrogen-bond donors (Lipinski definition) is 1. The van der Waals surface area contributed by atoms with Gasteiger partial charge in [-0.05, 0) is 42.3 Å². The minimum atomic E-state index is 0.0100. The summed E-state index contributed by atoms with van der Waals surface area (Å²) in [6, 6.07) is 13.5. The molecule has 0 saturated carbocycles. The van der Waals surface area contributed by atoms with E-state index in [0.717, 1.165) is 32.3 Å². The Morgan fingerprint density at radius 3 is 2.84 bits per heavy atom. The Hall–Kier alpha value is -1.76. The van der Waals surface area contributed by atoms with E-state index in [2.05, 4.69) is 10.3 Å². The number of thiazole rings is 1. The summed E-state index contributed by atoms with van der Waals surface area (Å²) >= 11 is 8.99. The van der Waals surface area contributed by atoms with Gasteiger partial charge in [-0.3, -0.25) is 4.79 Å². The highest BCUT2D eigenvalue weighted by Crippen LogP contribution is 2.30. The van der Waals surface area contributed by atoms with E-state index < -0.39 is 0 Å². The van der Waals surface area contributed by atoms with E-state index in [4.69, 9.17) is 16.3 Å². The number of aromatic nitrogens is 1. The lowest BCUT2D eigenvalue weighted by atomic mass is 10.1. The number of benzene rings is 2. The first-order valence-corrected chi connectivity index (χ1v) is 9.90. The molecular formula is C18H17ClN2O2S2. The Balaban J connectivity index is 1.44. The van der Waals surface area contributed by atoms with Crippen molar-refractivity contribution < 1.29 is 9.53 Å². The topological polar surface area (TPSA) is 51.2 Å². The molecule has 0 atom stereocenters. The van der Waals surface area contributed by atoms with E-state index in [9.17, 15) is 4.79 Å². The number of carbonyl (C=O) groups is 1. The normalized spacial score (nSPS) is 10.8. The lowest BCUT2D eigenvalue weighted by Crippen LogP contribution is -2.27. The van der Waals surface area contributed by atoms with Gasteiger partial charge in [0.15, 0.2) is 4.34 Å². The number of ether oxygens (including phenoxy) is 1. The van der Waals surface area contributed by atoms with Gasteiger partial charge in [0.05, 0.1) is 23.1 Å². The molecule has 1 heterocycles. The SMILES string of the molecule is COc1ccc(CCNC(=O)CSc2nc3cc(Cl)ccc3s2)cc1. The molecule has 25 heavy (non-hydrogen) atoms. The Labute approximate surface area is 159 Å². The molecule has 0 bridgehead atoms. The third kappa shape index (κ3) is 5.11. The molecule has 0 aliphatic rings. The average molecular weight is 393 g/mol. The zero-order valence-corrected chi connectivity index (χ0v) is 16.0. The summed E-state index contributed by atoms with van der Waals surface area (Å²) in [6.45, 7) is 0.612. The van der Waals surface area contributed by atoms with Gasteiger partial charge < -0.3 is 10.1 Å². The van der Waals surface area contributed by atoms with Crippen molar-refractivity contribution in [2.24, 2.45) is 0 Å². The highest BCUT2D eigenvalue weighted by atomic mass is 35.5. The van der Waals surface area contributed by atoms with Crippen LogP contribution in [0.4, 0.5) is 0 Å². The Bertz CT molecular complexity index is 865. The fraction of sp³-hybridized carbons (Fsp3) is 0.222. The second-order valence-electron chi connectivity index (χ2n) is 5.33. The van der Waals surface area contributed by atoms with E-state index in [1.165, 1.54) is 11.8 Å². The van der Waals surface area contributed by atoms with Gasteiger partial charge in [0.25, 0.3) is 0 Å². The molecule has 130 valence electrons. The molecule has 1 amide bonds. The molecular weight excluding hydrogens is 376 g/mol. The van der Waals surface area contributed by atoms with Crippen molar-refractivity contribution in [1.29, 1.82) is 0 Å². The van der Waals surface area contributed by atoms with Crippen LogP contribution in [0.1, 0.15) is 5.56 Å². The zero-order chi connectivity index (χ0) is 17.6. The molecule has 3 rings (SSSR count). The van der Waals surface area contributed by atoms with Crippen LogP contribution in [-0.2, 0) is 11.2 Å². The second-order valence-corrected chi connectivity index (χ2v) is 8.02. The predicted octanol–water partition coefficient (Wildman–Crippen LogP) is 4.41. The maximum Gasteiger partial charge on any atom is 0.230 e. The molecule has 1 N–H and O–H groups in total. The van der Waals surface area contributed by atoms with Gasteiger partial charge in [-0.2, -0.15) is 0 Å². The highest BCUT2D eigenvalue weighted by molar-refractivity contribution is 8.01. The standard InChI is InChI=1S/C18H17ClN2O2S2/c1-23-14-5-2-12(3-6-14)8-9-20-17(22)11-24-18-21-15-10-13(19)4-7-16(15)25-18/h2-7,10H,8-9,11H2,1H3,(H,20,22). The molecule has 0 aliphatic heterocycles. The number of nitrogens with zero attached hydrogens (tertiary/aromatic N) is 1. The van der Waals surface area contributed by atoms with Gasteiger partial charge in [0.2, 0.25) is 5.91 Å². The molecule has 0 saturated heterocycles. The maximum atomic E-state index is 12.0. The number of nitrogens with one attached hydrogen (secondary N) is 1. The van der Waals surface area contributed by atoms with Crippen LogP contribution in [-0.4, -0.2) is 30.3 Å². The molecule has 4 nitrogen and oxygen atoms in total. The van der Waals surface area contributed by atoms with Gasteiger partial charge in [0.1, 0.15) is 5.75 Å². The predicted molar refractivity (Wildman–Crippen MR) is 105 cm³/mol. The van der Waals surface area contributed by atoms with Crippen LogP contribution in [0, 0.1) is 0 Å². The van der Waals surface area contributed by atoms with Gasteiger partial charge in [-0.15, -0.1) is 11.3 Å². The lowest BCUT2D eigenvalue weighted by molar-refractivity contribution is -0.118. The first kappa shape index (κ1) is 18.0. The number of halogens is 1. The van der Waals surface area contributed by atoms with E-state index in [1.54, 1.807) is 18.4 Å². The molecule has 0 aliphatic carbocycles. The first-order valence-electron chi connectivity index (χ1n) is 7.72. The molecule has 0 unspecified atom stereocenters. The minimum Gasteiger partial charge on any atom is -0.497 e. The lowest BCUT2D eigenvalue weighted by Gasteiger charge is -2.05. The number of hydrogen-bond acceptors (Lipinski definition) is 5. The van der Waals surface area contributed by atoms with Crippen molar-refractivity contribution >= 4 is 50.8 Å². The monoisotopic (exact) mass is 392 g/mol. The number of methoxy groups -OCH3 is 1. The number of carbonyl (C=O) groups excluding carboxylic acids is 1. The maximum absolute atomic E-state index is 12.0. The van der Waals surface area contributed by atoms with Gasteiger partial charge in [-0.1, -0.05) is 35.5 Å². The molecule has 0 radical (unpaired) electrons. The molecule has 7 heteroatoms. The number of thioether (sulfide) groups is 1. The van der Waals surface area contributed by atoms with Gasteiger partial charge >= 0.3 is 0 Å². The highest BCUT2D eigenvalue weighted by Gasteiger charge is 2.08. The van der Waals surface area contributed by atoms with Crippen molar-refractivity contribution in [2.45, 2.75) is 10.8 Å². The largest absolute Gasteiger partial charge is 0.497 e. The summed E-state index contributed by atoms with van der Waals surface area (Å²) in [4.78, 5) is 16.5.